The second-order valence-corrected chi connectivity index (χ2v) is 7.68. The largest absolute Gasteiger partial charge is 0.423 e. The molecule has 0 spiro atoms. The van der Waals surface area contributed by atoms with E-state index in [-0.39, 0.29) is 12.4 Å². The smallest absolute Gasteiger partial charge is 0.375 e. The third kappa shape index (κ3) is 3.95. The highest BCUT2D eigenvalue weighted by Gasteiger charge is 2.55. The summed E-state index contributed by atoms with van der Waals surface area (Å²) in [6.07, 6.45) is -4.32. The molecule has 0 radical (unpaired) electrons. The number of hydrogen-bond donors (Lipinski definition) is 1. The molecular weight excluding hydrogens is 424 g/mol. The van der Waals surface area contributed by atoms with E-state index in [1.54, 1.807) is 12.1 Å². The Bertz CT molecular complexity index is 1270. The minimum atomic E-state index is -4.86. The van der Waals surface area contributed by atoms with Crippen molar-refractivity contribution in [3.8, 4) is 11.1 Å². The van der Waals surface area contributed by atoms with Gasteiger partial charge in [0.05, 0.1) is 18.3 Å². The van der Waals surface area contributed by atoms with Gasteiger partial charge in [-0.05, 0) is 54.3 Å². The highest BCUT2D eigenvalue weighted by molar-refractivity contribution is 5.95. The van der Waals surface area contributed by atoms with Crippen molar-refractivity contribution >= 4 is 10.9 Å². The summed E-state index contributed by atoms with van der Waals surface area (Å²) in [7, 11) is 0. The van der Waals surface area contributed by atoms with Crippen LogP contribution in [0.1, 0.15) is 30.3 Å². The highest BCUT2D eigenvalue weighted by atomic mass is 19.4. The van der Waals surface area contributed by atoms with Gasteiger partial charge >= 0.3 is 6.18 Å². The van der Waals surface area contributed by atoms with Crippen LogP contribution in [0, 0.1) is 12.7 Å². The van der Waals surface area contributed by atoms with Crippen molar-refractivity contribution in [1.82, 2.24) is 20.0 Å². The van der Waals surface area contributed by atoms with Crippen molar-refractivity contribution < 1.29 is 22.7 Å². The van der Waals surface area contributed by atoms with Crippen LogP contribution in [-0.2, 0) is 12.1 Å². The van der Waals surface area contributed by atoms with Gasteiger partial charge in [-0.25, -0.2) is 9.07 Å². The number of rotatable bonds is 5. The summed E-state index contributed by atoms with van der Waals surface area (Å²) in [5, 5.41) is 18.2. The van der Waals surface area contributed by atoms with E-state index in [9.17, 15) is 22.7 Å². The van der Waals surface area contributed by atoms with Crippen LogP contribution in [0.5, 0.6) is 0 Å². The zero-order valence-corrected chi connectivity index (χ0v) is 17.4. The van der Waals surface area contributed by atoms with E-state index in [1.807, 2.05) is 31.2 Å². The Hall–Kier alpha value is -3.33. The number of alkyl halides is 3. The normalized spacial score (nSPS) is 14.0. The molecule has 5 nitrogen and oxygen atoms in total. The van der Waals surface area contributed by atoms with Crippen LogP contribution in [0.25, 0.3) is 22.0 Å². The quantitative estimate of drug-likeness (QED) is 0.433. The average molecular weight is 444 g/mol. The summed E-state index contributed by atoms with van der Waals surface area (Å²) >= 11 is 0. The zero-order chi connectivity index (χ0) is 23.1. The molecule has 4 rings (SSSR count). The molecule has 2 aromatic carbocycles. The first kappa shape index (κ1) is 21.9. The van der Waals surface area contributed by atoms with Crippen molar-refractivity contribution in [1.29, 1.82) is 0 Å². The van der Waals surface area contributed by atoms with Crippen LogP contribution in [0.15, 0.2) is 54.7 Å². The number of pyridine rings is 1. The van der Waals surface area contributed by atoms with Crippen molar-refractivity contribution in [3.63, 3.8) is 0 Å². The third-order valence-corrected chi connectivity index (χ3v) is 5.45. The van der Waals surface area contributed by atoms with Crippen LogP contribution in [0.4, 0.5) is 17.6 Å². The summed E-state index contributed by atoms with van der Waals surface area (Å²) in [6, 6.07) is 13.6. The summed E-state index contributed by atoms with van der Waals surface area (Å²) in [6.45, 7) is 3.25. The second kappa shape index (κ2) is 7.98. The van der Waals surface area contributed by atoms with Gasteiger partial charge in [0.2, 0.25) is 5.60 Å². The topological polar surface area (TPSA) is 63.8 Å². The predicted molar refractivity (Wildman–Crippen MR) is 111 cm³/mol. The van der Waals surface area contributed by atoms with Crippen molar-refractivity contribution in [2.24, 2.45) is 0 Å². The lowest BCUT2D eigenvalue weighted by atomic mass is 9.96. The zero-order valence-electron chi connectivity index (χ0n) is 17.4. The Kier molecular flexibility index (Phi) is 5.46. The van der Waals surface area contributed by atoms with Crippen LogP contribution < -0.4 is 0 Å². The fourth-order valence-corrected chi connectivity index (χ4v) is 3.65. The first-order chi connectivity index (χ1) is 15.1. The van der Waals surface area contributed by atoms with E-state index in [4.69, 9.17) is 0 Å². The molecule has 2 heterocycles. The maximum atomic E-state index is 13.3. The first-order valence-electron chi connectivity index (χ1n) is 9.96. The van der Waals surface area contributed by atoms with E-state index in [0.29, 0.717) is 5.52 Å². The number of aryl methyl sites for hydroxylation is 1. The minimum Gasteiger partial charge on any atom is -0.375 e. The van der Waals surface area contributed by atoms with Crippen molar-refractivity contribution in [2.45, 2.75) is 38.6 Å². The van der Waals surface area contributed by atoms with Crippen LogP contribution in [0.3, 0.4) is 0 Å². The monoisotopic (exact) mass is 444 g/mol. The molecule has 0 bridgehead atoms. The van der Waals surface area contributed by atoms with Crippen LogP contribution in [-0.4, -0.2) is 31.3 Å². The second-order valence-electron chi connectivity index (χ2n) is 7.68. The Balaban J connectivity index is 1.67. The Morgan fingerprint density at radius 3 is 2.41 bits per heavy atom. The van der Waals surface area contributed by atoms with E-state index < -0.39 is 23.9 Å². The number of hydrogen-bond acceptors (Lipinski definition) is 4. The van der Waals surface area contributed by atoms with Gasteiger partial charge in [-0.3, -0.25) is 4.98 Å². The van der Waals surface area contributed by atoms with Gasteiger partial charge in [-0.2, -0.15) is 13.2 Å². The number of aliphatic hydroxyl groups is 1. The molecule has 1 unspecified atom stereocenters. The molecule has 0 fully saturated rings. The summed E-state index contributed by atoms with van der Waals surface area (Å²) < 4.78 is 54.4. The van der Waals surface area contributed by atoms with Gasteiger partial charge in [-0.1, -0.05) is 36.4 Å². The van der Waals surface area contributed by atoms with Crippen molar-refractivity contribution in [3.05, 3.63) is 77.5 Å². The van der Waals surface area contributed by atoms with Gasteiger partial charge in [0.25, 0.3) is 0 Å². The summed E-state index contributed by atoms with van der Waals surface area (Å²) in [5.41, 5.74) is 0.391. The molecule has 9 heteroatoms. The highest BCUT2D eigenvalue weighted by Crippen LogP contribution is 2.40. The standard InChI is InChI=1S/C23H20F4N4O/c1-3-22(32,23(25,26)27)21-13-31(30-29-21)12-15-4-9-18-19(10-14(2)28-20(18)11-15)16-5-7-17(24)8-6-16/h4-11,13,32H,3,12H2,1-2H3. The molecular formula is C23H20F4N4O. The first-order valence-corrected chi connectivity index (χ1v) is 9.96. The van der Waals surface area contributed by atoms with Gasteiger partial charge in [-0.15, -0.1) is 5.10 Å². The van der Waals surface area contributed by atoms with Gasteiger partial charge in [0, 0.05) is 11.1 Å². The lowest BCUT2D eigenvalue weighted by molar-refractivity contribution is -0.269. The molecule has 0 aliphatic carbocycles. The van der Waals surface area contributed by atoms with Gasteiger partial charge in [0.15, 0.2) is 0 Å². The Labute approximate surface area is 181 Å². The number of aromatic nitrogens is 4. The molecule has 0 saturated carbocycles. The van der Waals surface area contributed by atoms with Crippen LogP contribution in [0.2, 0.25) is 0 Å². The van der Waals surface area contributed by atoms with E-state index >= 15 is 0 Å². The lowest BCUT2D eigenvalue weighted by Gasteiger charge is -2.26. The maximum absolute atomic E-state index is 13.3. The minimum absolute atomic E-state index is 0.155. The predicted octanol–water partition coefficient (Wildman–Crippen LogP) is 5.15. The molecule has 1 atom stereocenters. The molecule has 0 aliphatic rings. The lowest BCUT2D eigenvalue weighted by Crippen LogP contribution is -2.42. The molecule has 0 aliphatic heterocycles. The van der Waals surface area contributed by atoms with Gasteiger partial charge < -0.3 is 5.11 Å². The maximum Gasteiger partial charge on any atom is 0.423 e. The summed E-state index contributed by atoms with van der Waals surface area (Å²) in [5.74, 6) is -0.321. The number of halogens is 4. The van der Waals surface area contributed by atoms with E-state index in [1.165, 1.54) is 23.7 Å². The van der Waals surface area contributed by atoms with Gasteiger partial charge in [0.1, 0.15) is 11.5 Å². The fraction of sp³-hybridized carbons (Fsp3) is 0.261. The molecule has 166 valence electrons. The third-order valence-electron chi connectivity index (χ3n) is 5.45. The van der Waals surface area contributed by atoms with Crippen molar-refractivity contribution in [2.75, 3.05) is 0 Å². The number of fused-ring (bicyclic) bond motifs is 1. The average Bonchev–Trinajstić information content (AvgIpc) is 3.21. The number of benzene rings is 2. The molecule has 2 aromatic heterocycles. The molecule has 0 amide bonds. The Morgan fingerprint density at radius 1 is 1.03 bits per heavy atom. The van der Waals surface area contributed by atoms with E-state index in [2.05, 4.69) is 15.3 Å². The summed E-state index contributed by atoms with van der Waals surface area (Å²) in [4.78, 5) is 4.56. The molecule has 32 heavy (non-hydrogen) atoms. The molecule has 1 N–H and O–H groups in total. The van der Waals surface area contributed by atoms with Crippen LogP contribution >= 0.6 is 0 Å². The molecule has 4 aromatic rings. The number of nitrogens with zero attached hydrogens (tertiary/aromatic N) is 4. The van der Waals surface area contributed by atoms with E-state index in [0.717, 1.165) is 34.0 Å². The fourth-order valence-electron chi connectivity index (χ4n) is 3.65. The Morgan fingerprint density at radius 2 is 1.75 bits per heavy atom. The SMILES string of the molecule is CCC(O)(c1cn(Cc2ccc3c(-c4ccc(F)cc4)cc(C)nc3c2)nn1)C(F)(F)F. The molecule has 0 saturated heterocycles.